The second kappa shape index (κ2) is 6.03. The summed E-state index contributed by atoms with van der Waals surface area (Å²) in [4.78, 5) is 0. The molecule has 3 nitrogen and oxygen atoms in total. The number of benzene rings is 2. The molecule has 0 radical (unpaired) electrons. The predicted molar refractivity (Wildman–Crippen MR) is 84.1 cm³/mol. The third-order valence-corrected chi connectivity index (χ3v) is 4.09. The van der Waals surface area contributed by atoms with Gasteiger partial charge in [0.25, 0.3) is 0 Å². The van der Waals surface area contributed by atoms with Crippen molar-refractivity contribution in [3.63, 3.8) is 0 Å². The topological polar surface area (TPSA) is 37.8 Å². The summed E-state index contributed by atoms with van der Waals surface area (Å²) in [6.45, 7) is 0.619. The van der Waals surface area contributed by atoms with E-state index in [1.807, 2.05) is 54.6 Å². The minimum absolute atomic E-state index is 0.619. The smallest absolute Gasteiger partial charge is 0.147 e. The highest BCUT2D eigenvalue weighted by Crippen LogP contribution is 2.25. The van der Waals surface area contributed by atoms with Gasteiger partial charge >= 0.3 is 0 Å². The lowest BCUT2D eigenvalue weighted by molar-refractivity contribution is 0.992. The van der Waals surface area contributed by atoms with E-state index in [2.05, 4.69) is 15.5 Å². The average molecular weight is 302 g/mol. The molecule has 0 aliphatic carbocycles. The summed E-state index contributed by atoms with van der Waals surface area (Å²) in [5.74, 6) is 0. The molecular formula is C15H12ClN3S. The van der Waals surface area contributed by atoms with E-state index >= 15 is 0 Å². The third-order valence-electron chi connectivity index (χ3n) is 2.79. The monoisotopic (exact) mass is 301 g/mol. The van der Waals surface area contributed by atoms with Crippen LogP contribution in [0.15, 0.2) is 54.6 Å². The molecule has 100 valence electrons. The van der Waals surface area contributed by atoms with E-state index in [-0.39, 0.29) is 0 Å². The summed E-state index contributed by atoms with van der Waals surface area (Å²) in [6.07, 6.45) is 0. The van der Waals surface area contributed by atoms with E-state index in [0.29, 0.717) is 11.6 Å². The van der Waals surface area contributed by atoms with Gasteiger partial charge in [-0.1, -0.05) is 65.4 Å². The first-order valence-electron chi connectivity index (χ1n) is 6.19. The minimum Gasteiger partial charge on any atom is -0.377 e. The highest BCUT2D eigenvalue weighted by Gasteiger charge is 2.06. The van der Waals surface area contributed by atoms with Crippen LogP contribution in [-0.2, 0) is 6.54 Å². The lowest BCUT2D eigenvalue weighted by Gasteiger charge is -2.05. The van der Waals surface area contributed by atoms with Crippen molar-refractivity contribution in [1.29, 1.82) is 0 Å². The van der Waals surface area contributed by atoms with Crippen molar-refractivity contribution in [3.8, 4) is 10.6 Å². The van der Waals surface area contributed by atoms with Gasteiger partial charge in [-0.05, 0) is 12.1 Å². The van der Waals surface area contributed by atoms with Crippen LogP contribution in [-0.4, -0.2) is 10.2 Å². The number of para-hydroxylation sites is 1. The van der Waals surface area contributed by atoms with Crippen LogP contribution in [0.1, 0.15) is 5.01 Å². The molecule has 2 aromatic carbocycles. The number of nitrogens with one attached hydrogen (secondary N) is 1. The van der Waals surface area contributed by atoms with Crippen molar-refractivity contribution >= 4 is 28.6 Å². The Morgan fingerprint density at radius 2 is 1.70 bits per heavy atom. The molecule has 0 atom stereocenters. The van der Waals surface area contributed by atoms with Crippen LogP contribution in [0.3, 0.4) is 0 Å². The standard InChI is InChI=1S/C15H12ClN3S/c16-12-8-4-5-9-13(12)17-10-14-18-19-15(20-14)11-6-2-1-3-7-11/h1-9,17H,10H2. The normalized spacial score (nSPS) is 10.4. The molecule has 0 aliphatic heterocycles. The number of halogens is 1. The van der Waals surface area contributed by atoms with E-state index in [0.717, 1.165) is 21.3 Å². The molecule has 1 N–H and O–H groups in total. The number of rotatable bonds is 4. The molecular weight excluding hydrogens is 290 g/mol. The maximum atomic E-state index is 6.10. The SMILES string of the molecule is Clc1ccccc1NCc1nnc(-c2ccccc2)s1. The van der Waals surface area contributed by atoms with E-state index in [9.17, 15) is 0 Å². The largest absolute Gasteiger partial charge is 0.377 e. The van der Waals surface area contributed by atoms with Crippen LogP contribution in [0, 0.1) is 0 Å². The van der Waals surface area contributed by atoms with Crippen molar-refractivity contribution in [2.45, 2.75) is 6.54 Å². The third kappa shape index (κ3) is 2.98. The molecule has 1 heterocycles. The summed E-state index contributed by atoms with van der Waals surface area (Å²) in [6, 6.07) is 17.7. The maximum absolute atomic E-state index is 6.10. The fraction of sp³-hybridized carbons (Fsp3) is 0.0667. The first kappa shape index (κ1) is 13.1. The van der Waals surface area contributed by atoms with Gasteiger partial charge in [-0.2, -0.15) is 0 Å². The van der Waals surface area contributed by atoms with Crippen molar-refractivity contribution in [2.24, 2.45) is 0 Å². The van der Waals surface area contributed by atoms with Crippen LogP contribution in [0.4, 0.5) is 5.69 Å². The minimum atomic E-state index is 0.619. The quantitative estimate of drug-likeness (QED) is 0.772. The van der Waals surface area contributed by atoms with Gasteiger partial charge in [0.15, 0.2) is 0 Å². The fourth-order valence-corrected chi connectivity index (χ4v) is 2.79. The number of nitrogens with zero attached hydrogens (tertiary/aromatic N) is 2. The Labute approximate surface area is 126 Å². The number of anilines is 1. The zero-order valence-corrected chi connectivity index (χ0v) is 12.2. The van der Waals surface area contributed by atoms with Gasteiger partial charge in [0, 0.05) is 5.56 Å². The van der Waals surface area contributed by atoms with E-state index in [1.54, 1.807) is 11.3 Å². The van der Waals surface area contributed by atoms with Gasteiger partial charge in [0.2, 0.25) is 0 Å². The van der Waals surface area contributed by atoms with Crippen LogP contribution in [0.25, 0.3) is 10.6 Å². The Bertz CT molecular complexity index is 697. The Kier molecular flexibility index (Phi) is 3.95. The Morgan fingerprint density at radius 3 is 2.50 bits per heavy atom. The van der Waals surface area contributed by atoms with Crippen molar-refractivity contribution in [3.05, 3.63) is 64.6 Å². The Balaban J connectivity index is 1.71. The van der Waals surface area contributed by atoms with Crippen LogP contribution >= 0.6 is 22.9 Å². The second-order valence-corrected chi connectivity index (χ2v) is 5.67. The van der Waals surface area contributed by atoms with E-state index in [4.69, 9.17) is 11.6 Å². The molecule has 3 aromatic rings. The molecule has 0 saturated carbocycles. The molecule has 1 aromatic heterocycles. The number of hydrogen-bond donors (Lipinski definition) is 1. The van der Waals surface area contributed by atoms with Gasteiger partial charge in [-0.3, -0.25) is 0 Å². The van der Waals surface area contributed by atoms with Crippen LogP contribution < -0.4 is 5.32 Å². The van der Waals surface area contributed by atoms with E-state index in [1.165, 1.54) is 0 Å². The fourth-order valence-electron chi connectivity index (χ4n) is 1.80. The van der Waals surface area contributed by atoms with E-state index < -0.39 is 0 Å². The summed E-state index contributed by atoms with van der Waals surface area (Å²) < 4.78 is 0. The van der Waals surface area contributed by atoms with Crippen molar-refractivity contribution < 1.29 is 0 Å². The molecule has 0 aliphatic rings. The van der Waals surface area contributed by atoms with Crippen molar-refractivity contribution in [1.82, 2.24) is 10.2 Å². The van der Waals surface area contributed by atoms with Gasteiger partial charge < -0.3 is 5.32 Å². The molecule has 0 amide bonds. The molecule has 0 bridgehead atoms. The highest BCUT2D eigenvalue weighted by molar-refractivity contribution is 7.14. The number of aromatic nitrogens is 2. The molecule has 5 heteroatoms. The lowest BCUT2D eigenvalue weighted by Crippen LogP contribution is -1.99. The van der Waals surface area contributed by atoms with Gasteiger partial charge in [-0.25, -0.2) is 0 Å². The predicted octanol–water partition coefficient (Wildman–Crippen LogP) is 4.47. The zero-order chi connectivity index (χ0) is 13.8. The van der Waals surface area contributed by atoms with Gasteiger partial charge in [-0.15, -0.1) is 10.2 Å². The average Bonchev–Trinajstić information content (AvgIpc) is 2.96. The molecule has 0 spiro atoms. The first-order chi connectivity index (χ1) is 9.83. The molecule has 3 rings (SSSR count). The molecule has 0 fully saturated rings. The first-order valence-corrected chi connectivity index (χ1v) is 7.38. The zero-order valence-electron chi connectivity index (χ0n) is 10.6. The number of hydrogen-bond acceptors (Lipinski definition) is 4. The Hall–Kier alpha value is -1.91. The van der Waals surface area contributed by atoms with Crippen LogP contribution in [0.5, 0.6) is 0 Å². The van der Waals surface area contributed by atoms with Crippen LogP contribution in [0.2, 0.25) is 5.02 Å². The summed E-state index contributed by atoms with van der Waals surface area (Å²) in [5, 5.41) is 14.3. The van der Waals surface area contributed by atoms with Gasteiger partial charge in [0.05, 0.1) is 17.3 Å². The summed E-state index contributed by atoms with van der Waals surface area (Å²) in [7, 11) is 0. The summed E-state index contributed by atoms with van der Waals surface area (Å²) >= 11 is 7.68. The highest BCUT2D eigenvalue weighted by atomic mass is 35.5. The second-order valence-electron chi connectivity index (χ2n) is 4.20. The molecule has 0 saturated heterocycles. The molecule has 0 unspecified atom stereocenters. The lowest BCUT2D eigenvalue weighted by atomic mass is 10.2. The van der Waals surface area contributed by atoms with Gasteiger partial charge in [0.1, 0.15) is 10.0 Å². The van der Waals surface area contributed by atoms with Crippen molar-refractivity contribution in [2.75, 3.05) is 5.32 Å². The molecule has 20 heavy (non-hydrogen) atoms. The Morgan fingerprint density at radius 1 is 0.950 bits per heavy atom. The summed E-state index contributed by atoms with van der Waals surface area (Å²) in [5.41, 5.74) is 2.00. The maximum Gasteiger partial charge on any atom is 0.147 e.